The van der Waals surface area contributed by atoms with E-state index in [0.29, 0.717) is 6.04 Å². The molecule has 12 heavy (non-hydrogen) atoms. The zero-order chi connectivity index (χ0) is 8.39. The van der Waals surface area contributed by atoms with Gasteiger partial charge in [0.2, 0.25) is 0 Å². The highest BCUT2D eigenvalue weighted by Crippen LogP contribution is 2.21. The second kappa shape index (κ2) is 3.72. The molecule has 2 rings (SSSR count). The van der Waals surface area contributed by atoms with E-state index in [1.807, 2.05) is 0 Å². The molecular formula is C9H10INO. The molecule has 0 amide bonds. The number of benzene rings is 1. The Morgan fingerprint density at radius 2 is 2.08 bits per heavy atom. The van der Waals surface area contributed by atoms with Crippen LogP contribution in [0, 0.1) is 3.57 Å². The quantitative estimate of drug-likeness (QED) is 0.794. The summed E-state index contributed by atoms with van der Waals surface area (Å²) in [5.74, 6) is 0. The summed E-state index contributed by atoms with van der Waals surface area (Å²) in [6.45, 7) is 0.816. The number of rotatable bonds is 1. The largest absolute Gasteiger partial charge is 0.301 e. The Balaban J connectivity index is 2.17. The third kappa shape index (κ3) is 1.78. The summed E-state index contributed by atoms with van der Waals surface area (Å²) in [7, 11) is 0. The van der Waals surface area contributed by atoms with E-state index in [-0.39, 0.29) is 0 Å². The van der Waals surface area contributed by atoms with Gasteiger partial charge in [-0.1, -0.05) is 12.1 Å². The van der Waals surface area contributed by atoms with E-state index in [1.165, 1.54) is 9.13 Å². The van der Waals surface area contributed by atoms with Gasteiger partial charge in [0.25, 0.3) is 0 Å². The van der Waals surface area contributed by atoms with Crippen molar-refractivity contribution in [1.82, 2.24) is 5.48 Å². The van der Waals surface area contributed by atoms with Crippen molar-refractivity contribution >= 4 is 22.6 Å². The summed E-state index contributed by atoms with van der Waals surface area (Å²) < 4.78 is 1.27. The topological polar surface area (TPSA) is 21.3 Å². The smallest absolute Gasteiger partial charge is 0.0701 e. The average Bonchev–Trinajstić information content (AvgIpc) is 2.58. The van der Waals surface area contributed by atoms with Crippen LogP contribution in [-0.2, 0) is 4.84 Å². The Kier molecular flexibility index (Phi) is 2.63. The van der Waals surface area contributed by atoms with Gasteiger partial charge in [-0.2, -0.15) is 5.48 Å². The summed E-state index contributed by atoms with van der Waals surface area (Å²) in [5, 5.41) is 0. The predicted octanol–water partition coefficient (Wildman–Crippen LogP) is 2.26. The van der Waals surface area contributed by atoms with Crippen molar-refractivity contribution in [1.29, 1.82) is 0 Å². The van der Waals surface area contributed by atoms with Gasteiger partial charge in [0, 0.05) is 3.57 Å². The average molecular weight is 275 g/mol. The zero-order valence-electron chi connectivity index (χ0n) is 6.59. The van der Waals surface area contributed by atoms with Crippen molar-refractivity contribution < 1.29 is 4.84 Å². The lowest BCUT2D eigenvalue weighted by Gasteiger charge is -2.07. The molecule has 0 aromatic heterocycles. The molecule has 1 aliphatic rings. The normalized spacial score (nSPS) is 22.9. The first-order chi connectivity index (χ1) is 5.86. The standard InChI is InChI=1S/C9H10INO/c10-8-3-1-7(2-4-8)9-5-6-12-11-9/h1-4,9,11H,5-6H2. The van der Waals surface area contributed by atoms with Gasteiger partial charge in [0.15, 0.2) is 0 Å². The van der Waals surface area contributed by atoms with Gasteiger partial charge in [-0.25, -0.2) is 0 Å². The first-order valence-electron chi connectivity index (χ1n) is 3.99. The number of hydroxylamine groups is 1. The molecule has 64 valence electrons. The fourth-order valence-corrected chi connectivity index (χ4v) is 1.68. The summed E-state index contributed by atoms with van der Waals surface area (Å²) >= 11 is 2.31. The predicted molar refractivity (Wildman–Crippen MR) is 55.6 cm³/mol. The van der Waals surface area contributed by atoms with Crippen LogP contribution in [0.15, 0.2) is 24.3 Å². The highest BCUT2D eigenvalue weighted by molar-refractivity contribution is 14.1. The van der Waals surface area contributed by atoms with Crippen molar-refractivity contribution in [3.05, 3.63) is 33.4 Å². The van der Waals surface area contributed by atoms with Crippen LogP contribution in [0.4, 0.5) is 0 Å². The molecule has 1 saturated heterocycles. The highest BCUT2D eigenvalue weighted by atomic mass is 127. The lowest BCUT2D eigenvalue weighted by atomic mass is 10.1. The molecule has 0 radical (unpaired) electrons. The molecule has 0 spiro atoms. The fraction of sp³-hybridized carbons (Fsp3) is 0.333. The lowest BCUT2D eigenvalue weighted by molar-refractivity contribution is 0.0883. The van der Waals surface area contributed by atoms with Gasteiger partial charge in [-0.05, 0) is 46.7 Å². The molecule has 1 fully saturated rings. The minimum absolute atomic E-state index is 0.391. The maximum absolute atomic E-state index is 5.09. The van der Waals surface area contributed by atoms with E-state index in [0.717, 1.165) is 13.0 Å². The maximum Gasteiger partial charge on any atom is 0.0701 e. The Hall–Kier alpha value is -0.130. The van der Waals surface area contributed by atoms with Crippen LogP contribution >= 0.6 is 22.6 Å². The number of hydrogen-bond acceptors (Lipinski definition) is 2. The van der Waals surface area contributed by atoms with E-state index >= 15 is 0 Å². The van der Waals surface area contributed by atoms with Crippen LogP contribution in [0.1, 0.15) is 18.0 Å². The first kappa shape index (κ1) is 8.47. The van der Waals surface area contributed by atoms with Crippen molar-refractivity contribution in [3.63, 3.8) is 0 Å². The van der Waals surface area contributed by atoms with Gasteiger partial charge in [0.05, 0.1) is 12.6 Å². The summed E-state index contributed by atoms with van der Waals surface area (Å²) in [4.78, 5) is 5.09. The molecule has 1 aromatic carbocycles. The van der Waals surface area contributed by atoms with Crippen LogP contribution < -0.4 is 5.48 Å². The number of halogens is 1. The molecule has 1 heterocycles. The van der Waals surface area contributed by atoms with E-state index in [1.54, 1.807) is 0 Å². The Bertz CT molecular complexity index is 254. The SMILES string of the molecule is Ic1ccc(C2CCON2)cc1. The minimum Gasteiger partial charge on any atom is -0.301 e. The summed E-state index contributed by atoms with van der Waals surface area (Å²) in [5.41, 5.74) is 4.30. The van der Waals surface area contributed by atoms with Crippen LogP contribution in [0.3, 0.4) is 0 Å². The van der Waals surface area contributed by atoms with Crippen LogP contribution in [-0.4, -0.2) is 6.61 Å². The Morgan fingerprint density at radius 1 is 1.33 bits per heavy atom. The molecule has 1 aromatic rings. The monoisotopic (exact) mass is 275 g/mol. The first-order valence-corrected chi connectivity index (χ1v) is 5.07. The Morgan fingerprint density at radius 3 is 2.67 bits per heavy atom. The van der Waals surface area contributed by atoms with Crippen LogP contribution in [0.5, 0.6) is 0 Å². The lowest BCUT2D eigenvalue weighted by Crippen LogP contribution is -2.10. The minimum atomic E-state index is 0.391. The van der Waals surface area contributed by atoms with E-state index < -0.39 is 0 Å². The van der Waals surface area contributed by atoms with E-state index in [4.69, 9.17) is 4.84 Å². The third-order valence-corrected chi connectivity index (χ3v) is 2.73. The molecule has 0 saturated carbocycles. The second-order valence-electron chi connectivity index (χ2n) is 2.86. The van der Waals surface area contributed by atoms with Gasteiger partial charge < -0.3 is 4.84 Å². The van der Waals surface area contributed by atoms with Crippen molar-refractivity contribution in [2.24, 2.45) is 0 Å². The van der Waals surface area contributed by atoms with Crippen molar-refractivity contribution in [3.8, 4) is 0 Å². The van der Waals surface area contributed by atoms with Gasteiger partial charge >= 0.3 is 0 Å². The fourth-order valence-electron chi connectivity index (χ4n) is 1.33. The highest BCUT2D eigenvalue weighted by Gasteiger charge is 2.16. The third-order valence-electron chi connectivity index (χ3n) is 2.01. The van der Waals surface area contributed by atoms with Crippen molar-refractivity contribution in [2.75, 3.05) is 6.61 Å². The van der Waals surface area contributed by atoms with Crippen LogP contribution in [0.2, 0.25) is 0 Å². The summed E-state index contributed by atoms with van der Waals surface area (Å²) in [6, 6.07) is 8.93. The number of nitrogens with one attached hydrogen (secondary N) is 1. The molecule has 1 aliphatic heterocycles. The van der Waals surface area contributed by atoms with Gasteiger partial charge in [-0.15, -0.1) is 0 Å². The Labute approximate surface area is 85.4 Å². The molecule has 2 nitrogen and oxygen atoms in total. The summed E-state index contributed by atoms with van der Waals surface area (Å²) in [6.07, 6.45) is 1.07. The van der Waals surface area contributed by atoms with Crippen LogP contribution in [0.25, 0.3) is 0 Å². The second-order valence-corrected chi connectivity index (χ2v) is 4.10. The van der Waals surface area contributed by atoms with Gasteiger partial charge in [0.1, 0.15) is 0 Å². The molecule has 3 heteroatoms. The van der Waals surface area contributed by atoms with Crippen molar-refractivity contribution in [2.45, 2.75) is 12.5 Å². The van der Waals surface area contributed by atoms with E-state index in [2.05, 4.69) is 52.3 Å². The molecule has 1 N–H and O–H groups in total. The van der Waals surface area contributed by atoms with Gasteiger partial charge in [-0.3, -0.25) is 0 Å². The molecule has 1 unspecified atom stereocenters. The molecule has 1 atom stereocenters. The molecule has 0 aliphatic carbocycles. The maximum atomic E-state index is 5.09. The molecular weight excluding hydrogens is 265 g/mol. The van der Waals surface area contributed by atoms with E-state index in [9.17, 15) is 0 Å². The molecule has 0 bridgehead atoms. The zero-order valence-corrected chi connectivity index (χ0v) is 8.74. The number of hydrogen-bond donors (Lipinski definition) is 1.